The number of hydrogen-bond acceptors (Lipinski definition) is 5. The maximum Gasteiger partial charge on any atom is 0.416 e. The molecule has 10 heteroatoms. The molecule has 0 aliphatic carbocycles. The Hall–Kier alpha value is -4.08. The maximum atomic E-state index is 12.7. The smallest absolute Gasteiger partial charge is 0.416 e. The van der Waals surface area contributed by atoms with Crippen molar-refractivity contribution in [1.29, 1.82) is 5.41 Å². The number of guanidine groups is 1. The van der Waals surface area contributed by atoms with E-state index in [9.17, 15) is 13.2 Å². The zero-order chi connectivity index (χ0) is 24.6. The van der Waals surface area contributed by atoms with E-state index < -0.39 is 11.7 Å². The zero-order valence-corrected chi connectivity index (χ0v) is 18.5. The molecule has 4 aromatic rings. The largest absolute Gasteiger partial charge is 0.489 e. The van der Waals surface area contributed by atoms with Gasteiger partial charge in [-0.15, -0.1) is 0 Å². The molecule has 1 saturated heterocycles. The quantitative estimate of drug-likeness (QED) is 0.288. The van der Waals surface area contributed by atoms with Gasteiger partial charge in [0.2, 0.25) is 11.7 Å². The average Bonchev–Trinajstić information content (AvgIpc) is 3.52. The molecule has 0 bridgehead atoms. The lowest BCUT2D eigenvalue weighted by Gasteiger charge is -2.21. The van der Waals surface area contributed by atoms with Crippen LogP contribution in [0.3, 0.4) is 0 Å². The predicted molar refractivity (Wildman–Crippen MR) is 124 cm³/mol. The van der Waals surface area contributed by atoms with Crippen LogP contribution in [0.5, 0.6) is 5.75 Å². The number of likely N-dealkylation sites (tertiary alicyclic amines) is 1. The van der Waals surface area contributed by atoms with Crippen LogP contribution in [0, 0.1) is 5.41 Å². The van der Waals surface area contributed by atoms with Gasteiger partial charge < -0.3 is 19.9 Å². The monoisotopic (exact) mass is 481 g/mol. The lowest BCUT2D eigenvalue weighted by molar-refractivity contribution is -0.137. The topological polar surface area (TPSA) is 101 Å². The van der Waals surface area contributed by atoms with Gasteiger partial charge in [0.15, 0.2) is 5.96 Å². The molecule has 0 amide bonds. The van der Waals surface area contributed by atoms with Crippen LogP contribution in [0.2, 0.25) is 0 Å². The molecule has 3 N–H and O–H groups in total. The molecule has 0 radical (unpaired) electrons. The number of halogens is 3. The molecule has 1 aliphatic rings. The summed E-state index contributed by atoms with van der Waals surface area (Å²) in [5.41, 5.74) is 6.41. The lowest BCUT2D eigenvalue weighted by atomic mass is 10.1. The number of rotatable bonds is 5. The highest BCUT2D eigenvalue weighted by atomic mass is 19.4. The Balaban J connectivity index is 1.29. The second-order valence-corrected chi connectivity index (χ2v) is 8.40. The van der Waals surface area contributed by atoms with Crippen LogP contribution in [0.25, 0.3) is 22.2 Å². The van der Waals surface area contributed by atoms with E-state index in [1.54, 1.807) is 11.0 Å². The van der Waals surface area contributed by atoms with Crippen molar-refractivity contribution in [2.75, 3.05) is 6.54 Å². The van der Waals surface area contributed by atoms with E-state index in [1.807, 2.05) is 30.3 Å². The van der Waals surface area contributed by atoms with Gasteiger partial charge in [-0.2, -0.15) is 18.2 Å². The van der Waals surface area contributed by atoms with Gasteiger partial charge in [-0.1, -0.05) is 35.5 Å². The number of benzene rings is 3. The highest BCUT2D eigenvalue weighted by Crippen LogP contribution is 2.33. The van der Waals surface area contributed by atoms with Crippen molar-refractivity contribution in [3.63, 3.8) is 0 Å². The Bertz CT molecular complexity index is 1370. The number of aromatic nitrogens is 2. The van der Waals surface area contributed by atoms with Gasteiger partial charge in [-0.3, -0.25) is 5.41 Å². The normalized spacial score (nSPS) is 16.1. The summed E-state index contributed by atoms with van der Waals surface area (Å²) in [5, 5.41) is 13.7. The van der Waals surface area contributed by atoms with E-state index in [0.29, 0.717) is 29.6 Å². The number of nitrogens with zero attached hydrogens (tertiary/aromatic N) is 3. The van der Waals surface area contributed by atoms with E-state index in [4.69, 9.17) is 20.4 Å². The molecule has 3 aromatic carbocycles. The standard InChI is InChI=1S/C25H22F3N5O2/c26-25(27,28)19-8-3-15(4-9-19)14-34-20-10-7-16-12-18(6-5-17(16)13-20)22-31-23(35-32-22)21-2-1-11-33(21)24(29)30/h3-10,12-13,21H,1-2,11,14H2,(H3,29,30). The van der Waals surface area contributed by atoms with E-state index in [2.05, 4.69) is 10.1 Å². The third kappa shape index (κ3) is 4.77. The maximum absolute atomic E-state index is 12.7. The Morgan fingerprint density at radius 3 is 2.57 bits per heavy atom. The third-order valence-electron chi connectivity index (χ3n) is 6.05. The van der Waals surface area contributed by atoms with Crippen molar-refractivity contribution in [3.05, 3.63) is 77.7 Å². The molecule has 0 saturated carbocycles. The van der Waals surface area contributed by atoms with Crippen LogP contribution >= 0.6 is 0 Å². The fourth-order valence-corrected chi connectivity index (χ4v) is 4.21. The molecule has 5 rings (SSSR count). The minimum atomic E-state index is -4.36. The van der Waals surface area contributed by atoms with Crippen LogP contribution in [0.15, 0.2) is 65.2 Å². The summed E-state index contributed by atoms with van der Waals surface area (Å²) in [7, 11) is 0. The third-order valence-corrected chi connectivity index (χ3v) is 6.05. The number of hydrogen-bond donors (Lipinski definition) is 2. The highest BCUT2D eigenvalue weighted by Gasteiger charge is 2.32. The summed E-state index contributed by atoms with van der Waals surface area (Å²) in [4.78, 5) is 6.29. The van der Waals surface area contributed by atoms with Crippen molar-refractivity contribution in [2.24, 2.45) is 5.73 Å². The summed E-state index contributed by atoms with van der Waals surface area (Å²) in [5.74, 6) is 1.51. The number of nitrogens with two attached hydrogens (primary N) is 1. The first-order valence-electron chi connectivity index (χ1n) is 11.1. The first-order valence-corrected chi connectivity index (χ1v) is 11.1. The van der Waals surface area contributed by atoms with E-state index in [1.165, 1.54) is 12.1 Å². The van der Waals surface area contributed by atoms with E-state index in [0.717, 1.165) is 41.3 Å². The fraction of sp³-hybridized carbons (Fsp3) is 0.240. The van der Waals surface area contributed by atoms with E-state index >= 15 is 0 Å². The molecule has 1 atom stereocenters. The average molecular weight is 481 g/mol. The number of alkyl halides is 3. The summed E-state index contributed by atoms with van der Waals surface area (Å²) in [6, 6.07) is 16.1. The van der Waals surface area contributed by atoms with Crippen molar-refractivity contribution in [3.8, 4) is 17.1 Å². The van der Waals surface area contributed by atoms with Crippen LogP contribution in [-0.2, 0) is 12.8 Å². The Morgan fingerprint density at radius 1 is 1.09 bits per heavy atom. The van der Waals surface area contributed by atoms with E-state index in [-0.39, 0.29) is 18.6 Å². The molecule has 2 heterocycles. The molecule has 0 spiro atoms. The minimum Gasteiger partial charge on any atom is -0.489 e. The summed E-state index contributed by atoms with van der Waals surface area (Å²) >= 11 is 0. The van der Waals surface area contributed by atoms with Gasteiger partial charge in [-0.05, 0) is 59.5 Å². The molecule has 1 aliphatic heterocycles. The van der Waals surface area contributed by atoms with Crippen LogP contribution in [-0.4, -0.2) is 27.5 Å². The SMILES string of the molecule is N=C(N)N1CCCC1c1nc(-c2ccc3cc(OCc4ccc(C(F)(F)F)cc4)ccc3c2)no1. The molecular formula is C25H22F3N5O2. The molecule has 35 heavy (non-hydrogen) atoms. The van der Waals surface area contributed by atoms with Crippen molar-refractivity contribution >= 4 is 16.7 Å². The first-order chi connectivity index (χ1) is 16.8. The van der Waals surface area contributed by atoms with Gasteiger partial charge in [0.25, 0.3) is 0 Å². The van der Waals surface area contributed by atoms with Gasteiger partial charge in [-0.25, -0.2) is 0 Å². The first kappa shape index (κ1) is 22.7. The number of nitrogens with one attached hydrogen (secondary N) is 1. The number of fused-ring (bicyclic) bond motifs is 1. The minimum absolute atomic E-state index is 0.00528. The van der Waals surface area contributed by atoms with Gasteiger partial charge in [0, 0.05) is 12.1 Å². The van der Waals surface area contributed by atoms with Crippen LogP contribution < -0.4 is 10.5 Å². The molecule has 7 nitrogen and oxygen atoms in total. The summed E-state index contributed by atoms with van der Waals surface area (Å²) < 4.78 is 49.4. The molecule has 180 valence electrons. The van der Waals surface area contributed by atoms with Crippen LogP contribution in [0.1, 0.15) is 35.9 Å². The second-order valence-electron chi connectivity index (χ2n) is 8.40. The molecular weight excluding hydrogens is 459 g/mol. The molecule has 1 aromatic heterocycles. The predicted octanol–water partition coefficient (Wildman–Crippen LogP) is 5.52. The van der Waals surface area contributed by atoms with Gasteiger partial charge in [0.05, 0.1) is 5.56 Å². The van der Waals surface area contributed by atoms with Crippen molar-refractivity contribution < 1.29 is 22.4 Å². The van der Waals surface area contributed by atoms with Crippen molar-refractivity contribution in [1.82, 2.24) is 15.0 Å². The molecule has 1 unspecified atom stereocenters. The summed E-state index contributed by atoms with van der Waals surface area (Å²) in [6.07, 6.45) is -2.65. The Labute approximate surface area is 198 Å². The Morgan fingerprint density at radius 2 is 1.83 bits per heavy atom. The number of ether oxygens (including phenoxy) is 1. The second kappa shape index (κ2) is 8.94. The fourth-order valence-electron chi connectivity index (χ4n) is 4.21. The lowest BCUT2D eigenvalue weighted by Crippen LogP contribution is -2.35. The summed E-state index contributed by atoms with van der Waals surface area (Å²) in [6.45, 7) is 0.850. The van der Waals surface area contributed by atoms with Crippen LogP contribution in [0.4, 0.5) is 13.2 Å². The Kier molecular flexibility index (Phi) is 5.80. The van der Waals surface area contributed by atoms with Gasteiger partial charge in [0.1, 0.15) is 18.4 Å². The highest BCUT2D eigenvalue weighted by molar-refractivity contribution is 5.87. The van der Waals surface area contributed by atoms with Crippen molar-refractivity contribution in [2.45, 2.75) is 31.7 Å². The van der Waals surface area contributed by atoms with Gasteiger partial charge >= 0.3 is 6.18 Å². The zero-order valence-electron chi connectivity index (χ0n) is 18.5. The molecule has 1 fully saturated rings.